The predicted octanol–water partition coefficient (Wildman–Crippen LogP) is 3.14. The molecule has 0 aliphatic rings. The molecule has 0 spiro atoms. The predicted molar refractivity (Wildman–Crippen MR) is 96.1 cm³/mol. The zero-order valence-electron chi connectivity index (χ0n) is 16.0. The smallest absolute Gasteiger partial charge is 0.355 e. The monoisotopic (exact) mass is 381 g/mol. The zero-order chi connectivity index (χ0) is 20.5. The highest BCUT2D eigenvalue weighted by Crippen LogP contribution is 2.29. The van der Waals surface area contributed by atoms with E-state index in [1.807, 2.05) is 7.05 Å². The van der Waals surface area contributed by atoms with Gasteiger partial charge < -0.3 is 9.88 Å². The van der Waals surface area contributed by atoms with Crippen LogP contribution in [-0.2, 0) is 12.7 Å². The number of aryl methyl sites for hydroxylation is 1. The molecule has 2 N–H and O–H groups in total. The van der Waals surface area contributed by atoms with Crippen LogP contribution in [-0.4, -0.2) is 29.6 Å². The minimum atomic E-state index is -4.36. The summed E-state index contributed by atoms with van der Waals surface area (Å²) in [6.07, 6.45) is -4.36. The molecule has 7 heteroatoms. The molecular formula is C20H24F3N2O2+. The molecule has 2 atom stereocenters. The minimum absolute atomic E-state index is 0.0987. The topological polar surface area (TPSA) is 54.4 Å². The number of rotatable bonds is 6. The zero-order valence-corrected chi connectivity index (χ0v) is 16.0. The number of carbonyl (C=O) groups is 2. The second-order valence-electron chi connectivity index (χ2n) is 6.98. The number of aromatic nitrogens is 1. The van der Waals surface area contributed by atoms with Gasteiger partial charge in [0.1, 0.15) is 6.54 Å². The summed E-state index contributed by atoms with van der Waals surface area (Å²) in [7, 11) is 1.82. The molecule has 0 saturated carbocycles. The first-order chi connectivity index (χ1) is 12.4. The maximum Gasteiger partial charge on any atom is 0.416 e. The fourth-order valence-electron chi connectivity index (χ4n) is 3.25. The van der Waals surface area contributed by atoms with Gasteiger partial charge in [-0.25, -0.2) is 0 Å². The lowest BCUT2D eigenvalue weighted by molar-refractivity contribution is -0.907. The van der Waals surface area contributed by atoms with E-state index in [0.717, 1.165) is 17.0 Å². The third-order valence-corrected chi connectivity index (χ3v) is 4.93. The van der Waals surface area contributed by atoms with Crippen molar-refractivity contribution in [1.82, 2.24) is 4.98 Å². The van der Waals surface area contributed by atoms with E-state index in [1.54, 1.807) is 20.8 Å². The number of H-pyrrole nitrogens is 1. The average Bonchev–Trinajstić information content (AvgIpc) is 2.87. The molecule has 2 rings (SSSR count). The lowest BCUT2D eigenvalue weighted by Crippen LogP contribution is -3.12. The molecule has 0 saturated heterocycles. The van der Waals surface area contributed by atoms with Crippen molar-refractivity contribution in [2.24, 2.45) is 0 Å². The fraction of sp³-hybridized carbons (Fsp3) is 0.400. The number of Topliss-reactive ketones (excluding diaryl/α,β-unsaturated/α-hetero) is 2. The summed E-state index contributed by atoms with van der Waals surface area (Å²) in [6.45, 7) is 7.13. The Morgan fingerprint density at radius 3 is 2.15 bits per heavy atom. The lowest BCUT2D eigenvalue weighted by Gasteiger charge is -2.21. The van der Waals surface area contributed by atoms with E-state index >= 15 is 0 Å². The van der Waals surface area contributed by atoms with Crippen LogP contribution < -0.4 is 4.90 Å². The molecule has 0 radical (unpaired) electrons. The third-order valence-electron chi connectivity index (χ3n) is 4.93. The molecule has 2 aromatic rings. The van der Waals surface area contributed by atoms with E-state index < -0.39 is 17.8 Å². The fourth-order valence-corrected chi connectivity index (χ4v) is 3.25. The molecule has 146 valence electrons. The number of hydrogen-bond donors (Lipinski definition) is 2. The van der Waals surface area contributed by atoms with E-state index in [1.165, 1.54) is 19.1 Å². The summed E-state index contributed by atoms with van der Waals surface area (Å²) in [6, 6.07) is 4.53. The molecule has 0 fully saturated rings. The number of halogens is 3. The first kappa shape index (κ1) is 20.9. The summed E-state index contributed by atoms with van der Waals surface area (Å²) >= 11 is 0. The van der Waals surface area contributed by atoms with Gasteiger partial charge in [0, 0.05) is 16.8 Å². The lowest BCUT2D eigenvalue weighted by atomic mass is 10.0. The van der Waals surface area contributed by atoms with Gasteiger partial charge in [-0.2, -0.15) is 13.2 Å². The van der Waals surface area contributed by atoms with Crippen molar-refractivity contribution < 1.29 is 27.7 Å². The van der Waals surface area contributed by atoms with Gasteiger partial charge in [-0.3, -0.25) is 9.59 Å². The molecule has 0 aliphatic carbocycles. The van der Waals surface area contributed by atoms with Crippen molar-refractivity contribution in [2.45, 2.75) is 46.5 Å². The van der Waals surface area contributed by atoms with Gasteiger partial charge in [-0.15, -0.1) is 0 Å². The van der Waals surface area contributed by atoms with Crippen LogP contribution in [0.15, 0.2) is 24.3 Å². The normalized spacial score (nSPS) is 14.1. The largest absolute Gasteiger partial charge is 0.416 e. The summed E-state index contributed by atoms with van der Waals surface area (Å²) in [5.41, 5.74) is 2.27. The molecule has 0 bridgehead atoms. The molecule has 1 unspecified atom stereocenters. The van der Waals surface area contributed by atoms with Crippen molar-refractivity contribution in [2.75, 3.05) is 7.05 Å². The average molecular weight is 381 g/mol. The quantitative estimate of drug-likeness (QED) is 0.756. The van der Waals surface area contributed by atoms with Crippen molar-refractivity contribution in [3.05, 3.63) is 57.9 Å². The highest BCUT2D eigenvalue weighted by Gasteiger charge is 2.31. The Balaban J connectivity index is 2.15. The van der Waals surface area contributed by atoms with Crippen molar-refractivity contribution in [1.29, 1.82) is 0 Å². The Bertz CT molecular complexity index is 851. The van der Waals surface area contributed by atoms with Crippen molar-refractivity contribution in [3.63, 3.8) is 0 Å². The Morgan fingerprint density at radius 1 is 1.15 bits per heavy atom. The first-order valence-electron chi connectivity index (χ1n) is 8.66. The highest BCUT2D eigenvalue weighted by atomic mass is 19.4. The van der Waals surface area contributed by atoms with E-state index in [9.17, 15) is 22.8 Å². The molecule has 27 heavy (non-hydrogen) atoms. The van der Waals surface area contributed by atoms with Gasteiger partial charge in [-0.1, -0.05) is 12.1 Å². The number of alkyl halides is 3. The molecule has 1 aromatic heterocycles. The minimum Gasteiger partial charge on any atom is -0.355 e. The van der Waals surface area contributed by atoms with Crippen molar-refractivity contribution in [3.8, 4) is 0 Å². The van der Waals surface area contributed by atoms with E-state index in [0.29, 0.717) is 34.6 Å². The first-order valence-corrected chi connectivity index (χ1v) is 8.66. The van der Waals surface area contributed by atoms with Gasteiger partial charge in [0.25, 0.3) is 0 Å². The molecule has 0 aliphatic heterocycles. The summed E-state index contributed by atoms with van der Waals surface area (Å²) in [5, 5.41) is 0. The standard InChI is InChI=1S/C20H23F3N2O2/c1-11-17(14(4)26)12(2)24-18(11)19(27)13(3)25(5)10-15-6-8-16(9-7-15)20(21,22)23/h6-9,13,24H,10H2,1-5H3/p+1/t13-/m0/s1. The molecule has 0 amide bonds. The number of likely N-dealkylation sites (N-methyl/N-ethyl adjacent to an activating group) is 1. The van der Waals surface area contributed by atoms with E-state index in [2.05, 4.69) is 4.98 Å². The second kappa shape index (κ2) is 7.68. The van der Waals surface area contributed by atoms with Crippen LogP contribution in [0.2, 0.25) is 0 Å². The van der Waals surface area contributed by atoms with E-state index in [-0.39, 0.29) is 11.6 Å². The number of nitrogens with one attached hydrogen (secondary N) is 2. The van der Waals surface area contributed by atoms with Gasteiger partial charge in [0.15, 0.2) is 11.8 Å². The highest BCUT2D eigenvalue weighted by molar-refractivity contribution is 6.04. The van der Waals surface area contributed by atoms with Crippen LogP contribution in [0.25, 0.3) is 0 Å². The third kappa shape index (κ3) is 4.47. The van der Waals surface area contributed by atoms with Crippen molar-refractivity contribution >= 4 is 11.6 Å². The summed E-state index contributed by atoms with van der Waals surface area (Å²) in [5.74, 6) is -0.231. The Hall–Kier alpha value is -2.41. The Morgan fingerprint density at radius 2 is 1.70 bits per heavy atom. The van der Waals surface area contributed by atoms with E-state index in [4.69, 9.17) is 0 Å². The van der Waals surface area contributed by atoms with Gasteiger partial charge in [0.2, 0.25) is 5.78 Å². The Kier molecular flexibility index (Phi) is 5.94. The number of carbonyl (C=O) groups excluding carboxylic acids is 2. The number of ketones is 2. The van der Waals surface area contributed by atoms with Gasteiger partial charge in [0.05, 0.1) is 18.3 Å². The number of benzene rings is 1. The Labute approximate surface area is 156 Å². The maximum atomic E-state index is 12.9. The number of hydrogen-bond acceptors (Lipinski definition) is 2. The van der Waals surface area contributed by atoms with Crippen LogP contribution in [0.1, 0.15) is 57.1 Å². The van der Waals surface area contributed by atoms with Gasteiger partial charge in [-0.05, 0) is 45.4 Å². The van der Waals surface area contributed by atoms with Crippen LogP contribution in [0, 0.1) is 13.8 Å². The molecular weight excluding hydrogens is 357 g/mol. The van der Waals surface area contributed by atoms with Gasteiger partial charge >= 0.3 is 6.18 Å². The molecule has 1 heterocycles. The van der Waals surface area contributed by atoms with Crippen LogP contribution in [0.4, 0.5) is 13.2 Å². The number of aromatic amines is 1. The molecule has 1 aromatic carbocycles. The maximum absolute atomic E-state index is 12.9. The number of quaternary nitrogens is 1. The second-order valence-corrected chi connectivity index (χ2v) is 6.98. The van der Waals surface area contributed by atoms with Crippen LogP contribution in [0.3, 0.4) is 0 Å². The summed E-state index contributed by atoms with van der Waals surface area (Å²) in [4.78, 5) is 28.5. The summed E-state index contributed by atoms with van der Waals surface area (Å²) < 4.78 is 38.0. The molecule has 4 nitrogen and oxygen atoms in total. The van der Waals surface area contributed by atoms with Crippen LogP contribution in [0.5, 0.6) is 0 Å². The SMILES string of the molecule is CC(=O)c1c(C)[nH]c(C(=O)[C@H](C)[NH+](C)Cc2ccc(C(F)(F)F)cc2)c1C. The van der Waals surface area contributed by atoms with Crippen LogP contribution >= 0.6 is 0 Å².